The summed E-state index contributed by atoms with van der Waals surface area (Å²) in [5.74, 6) is -0.318. The Balaban J connectivity index is 2.04. The maximum Gasteiger partial charge on any atom is 0.313 e. The second-order valence-corrected chi connectivity index (χ2v) is 4.68. The number of urea groups is 1. The number of nitrogens with two attached hydrogens (primary N) is 1. The minimum atomic E-state index is -0.809. The Kier molecular flexibility index (Phi) is 4.01. The summed E-state index contributed by atoms with van der Waals surface area (Å²) in [5.41, 5.74) is 5.76. The molecule has 0 aromatic heterocycles. The van der Waals surface area contributed by atoms with E-state index in [1.165, 1.54) is 0 Å². The lowest BCUT2D eigenvalue weighted by Crippen LogP contribution is -2.51. The Morgan fingerprint density at radius 1 is 1.26 bits per heavy atom. The molecule has 3 amide bonds. The van der Waals surface area contributed by atoms with E-state index in [1.807, 2.05) is 6.07 Å². The van der Waals surface area contributed by atoms with Gasteiger partial charge in [0.25, 0.3) is 0 Å². The van der Waals surface area contributed by atoms with E-state index in [0.29, 0.717) is 18.4 Å². The molecule has 1 aliphatic carbocycles. The molecule has 1 aliphatic rings. The molecule has 0 heterocycles. The van der Waals surface area contributed by atoms with Crippen LogP contribution in [0.5, 0.6) is 0 Å². The zero-order chi connectivity index (χ0) is 13.8. The van der Waals surface area contributed by atoms with Crippen molar-refractivity contribution in [3.8, 4) is 0 Å². The smallest absolute Gasteiger partial charge is 0.313 e. The molecule has 0 aliphatic heterocycles. The molecule has 1 fully saturated rings. The van der Waals surface area contributed by atoms with Crippen LogP contribution in [0.1, 0.15) is 24.4 Å². The highest BCUT2D eigenvalue weighted by molar-refractivity contribution is 5.87. The van der Waals surface area contributed by atoms with Crippen LogP contribution < -0.4 is 16.4 Å². The standard InChI is InChI=1S/C13H17N3O3/c14-13(19)16-11(8-4-2-1-3-5-8)12(18)15-9-6-10(17)7-9/h1-5,9-11,17H,6-7H2,(H,15,18)(H3,14,16,19). The average molecular weight is 263 g/mol. The number of primary amides is 1. The van der Waals surface area contributed by atoms with E-state index in [0.717, 1.165) is 0 Å². The van der Waals surface area contributed by atoms with Crippen molar-refractivity contribution in [3.63, 3.8) is 0 Å². The Hall–Kier alpha value is -2.08. The summed E-state index contributed by atoms with van der Waals surface area (Å²) in [4.78, 5) is 23.1. The van der Waals surface area contributed by atoms with Crippen molar-refractivity contribution in [1.82, 2.24) is 10.6 Å². The van der Waals surface area contributed by atoms with Gasteiger partial charge in [-0.05, 0) is 18.4 Å². The first-order valence-corrected chi connectivity index (χ1v) is 6.15. The third-order valence-electron chi connectivity index (χ3n) is 3.14. The van der Waals surface area contributed by atoms with E-state index in [-0.39, 0.29) is 18.1 Å². The van der Waals surface area contributed by atoms with E-state index in [4.69, 9.17) is 5.73 Å². The molecule has 1 aromatic rings. The van der Waals surface area contributed by atoms with Crippen LogP contribution in [-0.2, 0) is 4.79 Å². The van der Waals surface area contributed by atoms with Gasteiger partial charge < -0.3 is 21.5 Å². The molecule has 0 spiro atoms. The largest absolute Gasteiger partial charge is 0.393 e. The summed E-state index contributed by atoms with van der Waals surface area (Å²) in [7, 11) is 0. The molecule has 0 saturated heterocycles. The van der Waals surface area contributed by atoms with Crippen LogP contribution in [0.25, 0.3) is 0 Å². The summed E-state index contributed by atoms with van der Waals surface area (Å²) in [6.45, 7) is 0. The third-order valence-corrected chi connectivity index (χ3v) is 3.14. The van der Waals surface area contributed by atoms with Crippen molar-refractivity contribution in [2.24, 2.45) is 5.73 Å². The first kappa shape index (κ1) is 13.4. The molecule has 5 N–H and O–H groups in total. The van der Waals surface area contributed by atoms with Crippen molar-refractivity contribution in [1.29, 1.82) is 0 Å². The molecule has 6 nitrogen and oxygen atoms in total. The van der Waals surface area contributed by atoms with Gasteiger partial charge in [0.1, 0.15) is 6.04 Å². The Morgan fingerprint density at radius 3 is 2.42 bits per heavy atom. The van der Waals surface area contributed by atoms with Crippen LogP contribution in [0.4, 0.5) is 4.79 Å². The number of carbonyl (C=O) groups is 2. The zero-order valence-electron chi connectivity index (χ0n) is 10.4. The van der Waals surface area contributed by atoms with E-state index < -0.39 is 12.1 Å². The van der Waals surface area contributed by atoms with Crippen molar-refractivity contribution < 1.29 is 14.7 Å². The molecule has 1 aromatic carbocycles. The number of amides is 3. The van der Waals surface area contributed by atoms with Crippen LogP contribution in [0.3, 0.4) is 0 Å². The molecule has 1 atom stereocenters. The molecule has 1 saturated carbocycles. The quantitative estimate of drug-likeness (QED) is 0.616. The van der Waals surface area contributed by atoms with E-state index >= 15 is 0 Å². The number of rotatable bonds is 4. The number of aliphatic hydroxyl groups excluding tert-OH is 1. The predicted octanol–water partition coefficient (Wildman–Crippen LogP) is 0.0355. The fraction of sp³-hybridized carbons (Fsp3) is 0.385. The zero-order valence-corrected chi connectivity index (χ0v) is 10.4. The maximum absolute atomic E-state index is 12.1. The van der Waals surface area contributed by atoms with Gasteiger partial charge in [-0.15, -0.1) is 0 Å². The normalized spacial score (nSPS) is 23.0. The van der Waals surface area contributed by atoms with Crippen molar-refractivity contribution in [2.45, 2.75) is 31.0 Å². The summed E-state index contributed by atoms with van der Waals surface area (Å²) < 4.78 is 0. The van der Waals surface area contributed by atoms with Crippen LogP contribution in [0.15, 0.2) is 30.3 Å². The second kappa shape index (κ2) is 5.71. The van der Waals surface area contributed by atoms with Crippen LogP contribution in [0, 0.1) is 0 Å². The van der Waals surface area contributed by atoms with Gasteiger partial charge in [-0.1, -0.05) is 30.3 Å². The monoisotopic (exact) mass is 263 g/mol. The second-order valence-electron chi connectivity index (χ2n) is 4.68. The third kappa shape index (κ3) is 3.45. The number of hydrogen-bond acceptors (Lipinski definition) is 3. The van der Waals surface area contributed by atoms with Gasteiger partial charge in [0.05, 0.1) is 6.10 Å². The minimum absolute atomic E-state index is 0.0385. The lowest BCUT2D eigenvalue weighted by molar-refractivity contribution is -0.125. The number of hydrogen-bond donors (Lipinski definition) is 4. The number of aliphatic hydroxyl groups is 1. The summed E-state index contributed by atoms with van der Waals surface area (Å²) in [5, 5.41) is 14.4. The number of nitrogens with one attached hydrogen (secondary N) is 2. The van der Waals surface area contributed by atoms with Crippen molar-refractivity contribution >= 4 is 11.9 Å². The molecular formula is C13H17N3O3. The Labute approximate surface area is 111 Å². The number of carbonyl (C=O) groups excluding carboxylic acids is 2. The Bertz CT molecular complexity index is 457. The SMILES string of the molecule is NC(=O)NC(C(=O)NC1CC(O)C1)c1ccccc1. The highest BCUT2D eigenvalue weighted by Gasteiger charge is 2.31. The fourth-order valence-electron chi connectivity index (χ4n) is 2.08. The fourth-order valence-corrected chi connectivity index (χ4v) is 2.08. The molecule has 0 radical (unpaired) electrons. The lowest BCUT2D eigenvalue weighted by Gasteiger charge is -2.33. The van der Waals surface area contributed by atoms with E-state index in [2.05, 4.69) is 10.6 Å². The first-order valence-electron chi connectivity index (χ1n) is 6.15. The molecular weight excluding hydrogens is 246 g/mol. The van der Waals surface area contributed by atoms with Gasteiger partial charge in [0.15, 0.2) is 0 Å². The maximum atomic E-state index is 12.1. The van der Waals surface area contributed by atoms with Crippen molar-refractivity contribution in [2.75, 3.05) is 0 Å². The summed E-state index contributed by atoms with van der Waals surface area (Å²) >= 11 is 0. The predicted molar refractivity (Wildman–Crippen MR) is 69.1 cm³/mol. The highest BCUT2D eigenvalue weighted by atomic mass is 16.3. The van der Waals surface area contributed by atoms with Crippen LogP contribution in [-0.4, -0.2) is 29.2 Å². The minimum Gasteiger partial charge on any atom is -0.393 e. The molecule has 0 bridgehead atoms. The number of benzene rings is 1. The Morgan fingerprint density at radius 2 is 1.89 bits per heavy atom. The van der Waals surface area contributed by atoms with E-state index in [9.17, 15) is 14.7 Å². The first-order chi connectivity index (χ1) is 9.06. The van der Waals surface area contributed by atoms with Gasteiger partial charge in [0, 0.05) is 6.04 Å². The summed E-state index contributed by atoms with van der Waals surface area (Å²) in [6.07, 6.45) is 0.748. The molecule has 19 heavy (non-hydrogen) atoms. The van der Waals surface area contributed by atoms with Crippen molar-refractivity contribution in [3.05, 3.63) is 35.9 Å². The molecule has 2 rings (SSSR count). The average Bonchev–Trinajstić information content (AvgIpc) is 2.35. The van der Waals surface area contributed by atoms with Gasteiger partial charge in [-0.25, -0.2) is 4.79 Å². The van der Waals surface area contributed by atoms with Gasteiger partial charge >= 0.3 is 6.03 Å². The lowest BCUT2D eigenvalue weighted by atomic mass is 9.89. The molecule has 102 valence electrons. The van der Waals surface area contributed by atoms with Gasteiger partial charge in [-0.3, -0.25) is 4.79 Å². The molecule has 1 unspecified atom stereocenters. The van der Waals surface area contributed by atoms with Crippen LogP contribution in [0.2, 0.25) is 0 Å². The molecule has 6 heteroatoms. The highest BCUT2D eigenvalue weighted by Crippen LogP contribution is 2.21. The van der Waals surface area contributed by atoms with Gasteiger partial charge in [0.2, 0.25) is 5.91 Å². The van der Waals surface area contributed by atoms with Crippen LogP contribution >= 0.6 is 0 Å². The summed E-state index contributed by atoms with van der Waals surface area (Å²) in [6, 6.07) is 7.28. The van der Waals surface area contributed by atoms with E-state index in [1.54, 1.807) is 24.3 Å². The topological polar surface area (TPSA) is 104 Å². The van der Waals surface area contributed by atoms with Gasteiger partial charge in [-0.2, -0.15) is 0 Å².